The van der Waals surface area contributed by atoms with E-state index < -0.39 is 0 Å². The van der Waals surface area contributed by atoms with E-state index in [2.05, 4.69) is 73.4 Å². The van der Waals surface area contributed by atoms with Crippen molar-refractivity contribution in [1.29, 1.82) is 0 Å². The second-order valence-electron chi connectivity index (χ2n) is 6.97. The fourth-order valence-corrected chi connectivity index (χ4v) is 3.00. The highest BCUT2D eigenvalue weighted by molar-refractivity contribution is 14.0. The second-order valence-corrected chi connectivity index (χ2v) is 8.29. The largest absolute Gasteiger partial charge is 0.488 e. The Labute approximate surface area is 177 Å². The third kappa shape index (κ3) is 7.49. The smallest absolute Gasteiger partial charge is 0.191 e. The van der Waals surface area contributed by atoms with Crippen LogP contribution in [0, 0.1) is 13.8 Å². The molecule has 7 heteroatoms. The Morgan fingerprint density at radius 1 is 1.19 bits per heavy atom. The molecule has 1 aromatic carbocycles. The van der Waals surface area contributed by atoms with Crippen molar-refractivity contribution >= 4 is 41.3 Å². The van der Waals surface area contributed by atoms with Crippen LogP contribution in [0.4, 0.5) is 0 Å². The van der Waals surface area contributed by atoms with Crippen LogP contribution in [0.25, 0.3) is 0 Å². The Kier molecular flexibility index (Phi) is 8.82. The van der Waals surface area contributed by atoms with Crippen LogP contribution in [0.5, 0.6) is 5.75 Å². The molecule has 1 aromatic heterocycles. The summed E-state index contributed by atoms with van der Waals surface area (Å²) >= 11 is 1.69. The van der Waals surface area contributed by atoms with E-state index in [4.69, 9.17) is 4.74 Å². The normalized spacial score (nSPS) is 11.7. The minimum Gasteiger partial charge on any atom is -0.488 e. The van der Waals surface area contributed by atoms with Crippen molar-refractivity contribution in [2.24, 2.45) is 4.99 Å². The highest BCUT2D eigenvalue weighted by Gasteiger charge is 2.15. The summed E-state index contributed by atoms with van der Waals surface area (Å²) in [7, 11) is 1.77. The lowest BCUT2D eigenvalue weighted by Gasteiger charge is -2.24. The summed E-state index contributed by atoms with van der Waals surface area (Å²) in [6, 6.07) is 6.28. The van der Waals surface area contributed by atoms with Gasteiger partial charge < -0.3 is 15.4 Å². The van der Waals surface area contributed by atoms with Crippen LogP contribution < -0.4 is 15.4 Å². The summed E-state index contributed by atoms with van der Waals surface area (Å²) in [5.74, 6) is 1.65. The number of aryl methyl sites for hydroxylation is 2. The molecule has 1 heterocycles. The molecule has 0 amide bonds. The molecular formula is C19H29IN4OS. The van der Waals surface area contributed by atoms with E-state index in [9.17, 15) is 0 Å². The van der Waals surface area contributed by atoms with Gasteiger partial charge in [-0.3, -0.25) is 4.99 Å². The van der Waals surface area contributed by atoms with Crippen molar-refractivity contribution in [2.75, 3.05) is 7.05 Å². The Bertz CT molecular complexity index is 737. The van der Waals surface area contributed by atoms with Crippen LogP contribution in [0.15, 0.2) is 29.4 Å². The minimum atomic E-state index is -0.231. The van der Waals surface area contributed by atoms with E-state index in [1.54, 1.807) is 18.4 Å². The van der Waals surface area contributed by atoms with Crippen molar-refractivity contribution in [3.8, 4) is 5.75 Å². The fraction of sp³-hybridized carbons (Fsp3) is 0.474. The third-order valence-corrected chi connectivity index (χ3v) is 4.30. The van der Waals surface area contributed by atoms with Crippen LogP contribution in [0.1, 0.15) is 41.8 Å². The maximum atomic E-state index is 6.10. The molecule has 26 heavy (non-hydrogen) atoms. The molecule has 2 aromatic rings. The van der Waals surface area contributed by atoms with Crippen LogP contribution in [0.3, 0.4) is 0 Å². The van der Waals surface area contributed by atoms with Gasteiger partial charge in [0.2, 0.25) is 0 Å². The van der Waals surface area contributed by atoms with Crippen molar-refractivity contribution in [3.63, 3.8) is 0 Å². The van der Waals surface area contributed by atoms with E-state index in [0.29, 0.717) is 13.1 Å². The maximum absolute atomic E-state index is 6.10. The second kappa shape index (κ2) is 10.1. The predicted octanol–water partition coefficient (Wildman–Crippen LogP) is 4.42. The first kappa shape index (κ1) is 22.7. The molecule has 0 fully saturated rings. The lowest BCUT2D eigenvalue weighted by atomic mass is 10.1. The zero-order valence-electron chi connectivity index (χ0n) is 16.3. The number of ether oxygens (including phenoxy) is 1. The number of thiazole rings is 1. The molecule has 0 aliphatic carbocycles. The molecule has 0 aliphatic rings. The number of hydrogen-bond acceptors (Lipinski definition) is 4. The van der Waals surface area contributed by atoms with Gasteiger partial charge in [0.25, 0.3) is 0 Å². The summed E-state index contributed by atoms with van der Waals surface area (Å²) in [6.45, 7) is 11.6. The standard InChI is InChI=1S/C19H28N4OS.HI/c1-13-7-8-15(16(9-13)24-19(3,4)5)11-22-18(20-6)23-12-17-21-10-14(2)25-17;/h7-10H,11-12H2,1-6H3,(H2,20,22,23);1H. The number of aromatic nitrogens is 1. The molecular weight excluding hydrogens is 459 g/mol. The maximum Gasteiger partial charge on any atom is 0.191 e. The highest BCUT2D eigenvalue weighted by atomic mass is 127. The number of hydrogen-bond donors (Lipinski definition) is 2. The average Bonchev–Trinajstić information content (AvgIpc) is 2.93. The Hall–Kier alpha value is -1.35. The van der Waals surface area contributed by atoms with Gasteiger partial charge in [-0.15, -0.1) is 35.3 Å². The molecule has 0 spiro atoms. The summed E-state index contributed by atoms with van der Waals surface area (Å²) < 4.78 is 6.10. The van der Waals surface area contributed by atoms with Gasteiger partial charge in [-0.1, -0.05) is 12.1 Å². The monoisotopic (exact) mass is 488 g/mol. The minimum absolute atomic E-state index is 0. The van der Waals surface area contributed by atoms with Gasteiger partial charge in [0.05, 0.1) is 6.54 Å². The number of nitrogens with zero attached hydrogens (tertiary/aromatic N) is 2. The van der Waals surface area contributed by atoms with Gasteiger partial charge in [-0.05, 0) is 46.2 Å². The van der Waals surface area contributed by atoms with E-state index in [-0.39, 0.29) is 29.6 Å². The molecule has 0 saturated carbocycles. The molecule has 0 unspecified atom stereocenters. The molecule has 2 rings (SSSR count). The number of aliphatic imine (C=N–C) groups is 1. The summed E-state index contributed by atoms with van der Waals surface area (Å²) in [5.41, 5.74) is 2.06. The number of nitrogens with one attached hydrogen (secondary N) is 2. The van der Waals surface area contributed by atoms with Crippen LogP contribution >= 0.6 is 35.3 Å². The molecule has 5 nitrogen and oxygen atoms in total. The van der Waals surface area contributed by atoms with Gasteiger partial charge in [0.1, 0.15) is 16.4 Å². The molecule has 0 bridgehead atoms. The van der Waals surface area contributed by atoms with E-state index in [0.717, 1.165) is 22.3 Å². The van der Waals surface area contributed by atoms with Gasteiger partial charge >= 0.3 is 0 Å². The number of guanidine groups is 1. The lowest BCUT2D eigenvalue weighted by Crippen LogP contribution is -2.36. The summed E-state index contributed by atoms with van der Waals surface area (Å²) in [4.78, 5) is 9.85. The molecule has 0 aliphatic heterocycles. The van der Waals surface area contributed by atoms with E-state index in [1.165, 1.54) is 10.4 Å². The molecule has 0 saturated heterocycles. The first-order valence-corrected chi connectivity index (χ1v) is 9.23. The summed E-state index contributed by atoms with van der Waals surface area (Å²) in [6.07, 6.45) is 1.89. The van der Waals surface area contributed by atoms with E-state index >= 15 is 0 Å². The Morgan fingerprint density at radius 3 is 2.46 bits per heavy atom. The predicted molar refractivity (Wildman–Crippen MR) is 121 cm³/mol. The van der Waals surface area contributed by atoms with Crippen LogP contribution in [-0.2, 0) is 13.1 Å². The molecule has 0 atom stereocenters. The SMILES string of the molecule is CN=C(NCc1ncc(C)s1)NCc1ccc(C)cc1OC(C)(C)C.I. The van der Waals surface area contributed by atoms with Crippen LogP contribution in [0.2, 0.25) is 0 Å². The summed E-state index contributed by atoms with van der Waals surface area (Å²) in [5, 5.41) is 7.69. The zero-order valence-corrected chi connectivity index (χ0v) is 19.5. The number of benzene rings is 1. The Morgan fingerprint density at radius 2 is 1.88 bits per heavy atom. The quantitative estimate of drug-likeness (QED) is 0.372. The number of halogens is 1. The first-order chi connectivity index (χ1) is 11.8. The average molecular weight is 488 g/mol. The molecule has 0 radical (unpaired) electrons. The fourth-order valence-electron chi connectivity index (χ4n) is 2.27. The lowest BCUT2D eigenvalue weighted by molar-refractivity contribution is 0.129. The van der Waals surface area contributed by atoms with Crippen molar-refractivity contribution < 1.29 is 4.74 Å². The topological polar surface area (TPSA) is 58.5 Å². The molecule has 2 N–H and O–H groups in total. The third-order valence-electron chi connectivity index (χ3n) is 3.38. The van der Waals surface area contributed by atoms with Gasteiger partial charge in [0, 0.05) is 30.2 Å². The number of rotatable bonds is 5. The van der Waals surface area contributed by atoms with Gasteiger partial charge in [0.15, 0.2) is 5.96 Å². The zero-order chi connectivity index (χ0) is 18.4. The first-order valence-electron chi connectivity index (χ1n) is 8.41. The van der Waals surface area contributed by atoms with E-state index in [1.807, 2.05) is 6.20 Å². The highest BCUT2D eigenvalue weighted by Crippen LogP contribution is 2.24. The van der Waals surface area contributed by atoms with Crippen LogP contribution in [-0.4, -0.2) is 23.6 Å². The Balaban J connectivity index is 0.00000338. The van der Waals surface area contributed by atoms with Crippen molar-refractivity contribution in [2.45, 2.75) is 53.3 Å². The van der Waals surface area contributed by atoms with Gasteiger partial charge in [-0.25, -0.2) is 4.98 Å². The molecule has 144 valence electrons. The van der Waals surface area contributed by atoms with Crippen molar-refractivity contribution in [1.82, 2.24) is 15.6 Å². The van der Waals surface area contributed by atoms with Crippen molar-refractivity contribution in [3.05, 3.63) is 45.4 Å². The van der Waals surface area contributed by atoms with Gasteiger partial charge in [-0.2, -0.15) is 0 Å².